The van der Waals surface area contributed by atoms with Gasteiger partial charge in [0.15, 0.2) is 5.78 Å². The number of hydrogen-bond acceptors (Lipinski definition) is 2. The van der Waals surface area contributed by atoms with E-state index < -0.39 is 11.7 Å². The van der Waals surface area contributed by atoms with E-state index in [4.69, 9.17) is 5.73 Å². The monoisotopic (exact) mass is 243 g/mol. The highest BCUT2D eigenvalue weighted by atomic mass is 19.4. The zero-order valence-electron chi connectivity index (χ0n) is 9.05. The van der Waals surface area contributed by atoms with Gasteiger partial charge in [0.25, 0.3) is 0 Å². The summed E-state index contributed by atoms with van der Waals surface area (Å²) in [6.45, 7) is 0. The maximum absolute atomic E-state index is 12.5. The van der Waals surface area contributed by atoms with Crippen LogP contribution in [-0.2, 0) is 6.18 Å². The number of Topliss-reactive ketones (excluding diaryl/α,β-unsaturated/α-hetero) is 1. The van der Waals surface area contributed by atoms with Gasteiger partial charge in [0.2, 0.25) is 0 Å². The fraction of sp³-hybridized carbons (Fsp3) is 0.417. The van der Waals surface area contributed by atoms with Gasteiger partial charge in [-0.25, -0.2) is 0 Å². The molecular formula is C12H12F3NO. The molecule has 0 aromatic heterocycles. The van der Waals surface area contributed by atoms with Crippen LogP contribution in [0.25, 0.3) is 0 Å². The highest BCUT2D eigenvalue weighted by molar-refractivity contribution is 6.01. The number of nitrogen functional groups attached to an aromatic ring is 1. The molecule has 2 N–H and O–H groups in total. The molecule has 92 valence electrons. The molecule has 5 heteroatoms. The van der Waals surface area contributed by atoms with Crippen LogP contribution >= 0.6 is 0 Å². The minimum Gasteiger partial charge on any atom is -0.398 e. The quantitative estimate of drug-likeness (QED) is 0.654. The second-order valence-electron chi connectivity index (χ2n) is 4.37. The third-order valence-corrected chi connectivity index (χ3v) is 2.85. The highest BCUT2D eigenvalue weighted by Crippen LogP contribution is 2.35. The lowest BCUT2D eigenvalue weighted by molar-refractivity contribution is -0.137. The number of rotatable bonds is 3. The van der Waals surface area contributed by atoms with Crippen molar-refractivity contribution in [3.05, 3.63) is 29.3 Å². The fourth-order valence-electron chi connectivity index (χ4n) is 1.67. The lowest BCUT2D eigenvalue weighted by atomic mass is 10.0. The smallest absolute Gasteiger partial charge is 0.398 e. The Labute approximate surface area is 96.6 Å². The van der Waals surface area contributed by atoms with Gasteiger partial charge in [0.1, 0.15) is 0 Å². The van der Waals surface area contributed by atoms with Gasteiger partial charge in [0, 0.05) is 17.7 Å². The van der Waals surface area contributed by atoms with Crippen LogP contribution in [0.1, 0.15) is 35.2 Å². The summed E-state index contributed by atoms with van der Waals surface area (Å²) in [5, 5.41) is 0. The molecule has 1 saturated carbocycles. The largest absolute Gasteiger partial charge is 0.416 e. The van der Waals surface area contributed by atoms with Crippen molar-refractivity contribution in [2.24, 2.45) is 5.92 Å². The number of hydrogen-bond donors (Lipinski definition) is 1. The number of carbonyl (C=O) groups is 1. The molecule has 0 radical (unpaired) electrons. The van der Waals surface area contributed by atoms with Crippen LogP contribution in [0.5, 0.6) is 0 Å². The van der Waals surface area contributed by atoms with Gasteiger partial charge in [0.05, 0.1) is 5.56 Å². The van der Waals surface area contributed by atoms with Crippen LogP contribution in [0.2, 0.25) is 0 Å². The molecule has 0 saturated heterocycles. The van der Waals surface area contributed by atoms with Crippen molar-refractivity contribution in [3.8, 4) is 0 Å². The number of ketones is 1. The summed E-state index contributed by atoms with van der Waals surface area (Å²) in [6, 6.07) is 2.88. The average molecular weight is 243 g/mol. The molecule has 0 aliphatic heterocycles. The first-order valence-electron chi connectivity index (χ1n) is 5.38. The Morgan fingerprint density at radius 3 is 2.53 bits per heavy atom. The molecule has 1 aromatic carbocycles. The summed E-state index contributed by atoms with van der Waals surface area (Å²) < 4.78 is 37.5. The van der Waals surface area contributed by atoms with Gasteiger partial charge in [-0.3, -0.25) is 4.79 Å². The van der Waals surface area contributed by atoms with Crippen LogP contribution in [0.3, 0.4) is 0 Å². The SMILES string of the molecule is Nc1ccc(C(F)(F)F)cc1C(=O)CC1CC1. The molecule has 0 amide bonds. The Morgan fingerprint density at radius 2 is 2.00 bits per heavy atom. The van der Waals surface area contributed by atoms with Crippen molar-refractivity contribution >= 4 is 11.5 Å². The summed E-state index contributed by atoms with van der Waals surface area (Å²) >= 11 is 0. The van der Waals surface area contributed by atoms with Crippen molar-refractivity contribution < 1.29 is 18.0 Å². The number of alkyl halides is 3. The van der Waals surface area contributed by atoms with E-state index in [1.54, 1.807) is 0 Å². The number of benzene rings is 1. The molecule has 0 atom stereocenters. The van der Waals surface area contributed by atoms with E-state index in [2.05, 4.69) is 0 Å². The average Bonchev–Trinajstić information content (AvgIpc) is 3.00. The van der Waals surface area contributed by atoms with Crippen LogP contribution in [0.4, 0.5) is 18.9 Å². The van der Waals surface area contributed by atoms with Crippen molar-refractivity contribution in [3.63, 3.8) is 0 Å². The molecule has 0 unspecified atom stereocenters. The molecule has 0 heterocycles. The fourth-order valence-corrected chi connectivity index (χ4v) is 1.67. The summed E-state index contributed by atoms with van der Waals surface area (Å²) in [5.41, 5.74) is 4.82. The second-order valence-corrected chi connectivity index (χ2v) is 4.37. The maximum atomic E-state index is 12.5. The van der Waals surface area contributed by atoms with E-state index in [9.17, 15) is 18.0 Å². The van der Waals surface area contributed by atoms with E-state index in [1.807, 2.05) is 0 Å². The topological polar surface area (TPSA) is 43.1 Å². The zero-order chi connectivity index (χ0) is 12.6. The third-order valence-electron chi connectivity index (χ3n) is 2.85. The number of halogens is 3. The Morgan fingerprint density at radius 1 is 1.35 bits per heavy atom. The molecule has 1 aromatic rings. The van der Waals surface area contributed by atoms with E-state index in [0.717, 1.165) is 31.0 Å². The summed E-state index contributed by atoms with van der Waals surface area (Å²) in [4.78, 5) is 11.7. The van der Waals surface area contributed by atoms with Crippen molar-refractivity contribution in [1.82, 2.24) is 0 Å². The number of nitrogens with two attached hydrogens (primary N) is 1. The van der Waals surface area contributed by atoms with Crippen LogP contribution in [0, 0.1) is 5.92 Å². The van der Waals surface area contributed by atoms with Gasteiger partial charge >= 0.3 is 6.18 Å². The zero-order valence-corrected chi connectivity index (χ0v) is 9.05. The first kappa shape index (κ1) is 12.0. The minimum absolute atomic E-state index is 0.00766. The summed E-state index contributed by atoms with van der Waals surface area (Å²) in [5.74, 6) is 0.0348. The van der Waals surface area contributed by atoms with E-state index in [1.165, 1.54) is 0 Å². The van der Waals surface area contributed by atoms with Crippen molar-refractivity contribution in [1.29, 1.82) is 0 Å². The predicted molar refractivity (Wildman–Crippen MR) is 57.5 cm³/mol. The molecule has 2 rings (SSSR count). The van der Waals surface area contributed by atoms with Crippen molar-refractivity contribution in [2.75, 3.05) is 5.73 Å². The Kier molecular flexibility index (Phi) is 2.85. The lowest BCUT2D eigenvalue weighted by Gasteiger charge is -2.10. The standard InChI is InChI=1S/C12H12F3NO/c13-12(14,15)8-3-4-10(16)9(6-8)11(17)5-7-1-2-7/h3-4,6-7H,1-2,5,16H2. The predicted octanol–water partition coefficient (Wildman–Crippen LogP) is 3.27. The number of anilines is 1. The highest BCUT2D eigenvalue weighted by Gasteiger charge is 2.32. The Bertz CT molecular complexity index is 450. The molecule has 2 nitrogen and oxygen atoms in total. The normalized spacial score (nSPS) is 15.9. The minimum atomic E-state index is -4.44. The molecule has 1 aliphatic carbocycles. The van der Waals surface area contributed by atoms with Gasteiger partial charge in [-0.05, 0) is 37.0 Å². The molecule has 17 heavy (non-hydrogen) atoms. The summed E-state index contributed by atoms with van der Waals surface area (Å²) in [6.07, 6.45) is -2.19. The first-order chi connectivity index (χ1) is 7.88. The van der Waals surface area contributed by atoms with Gasteiger partial charge in [-0.1, -0.05) is 0 Å². The van der Waals surface area contributed by atoms with E-state index in [0.29, 0.717) is 12.3 Å². The molecular weight excluding hydrogens is 231 g/mol. The van der Waals surface area contributed by atoms with Crippen LogP contribution in [0.15, 0.2) is 18.2 Å². The number of carbonyl (C=O) groups excluding carboxylic acids is 1. The third kappa shape index (κ3) is 2.78. The first-order valence-corrected chi connectivity index (χ1v) is 5.38. The Balaban J connectivity index is 2.28. The van der Waals surface area contributed by atoms with Gasteiger partial charge < -0.3 is 5.73 Å². The van der Waals surface area contributed by atoms with E-state index in [-0.39, 0.29) is 17.0 Å². The van der Waals surface area contributed by atoms with Crippen LogP contribution in [-0.4, -0.2) is 5.78 Å². The van der Waals surface area contributed by atoms with Crippen molar-refractivity contribution in [2.45, 2.75) is 25.4 Å². The second kappa shape index (κ2) is 4.05. The van der Waals surface area contributed by atoms with Gasteiger partial charge in [-0.15, -0.1) is 0 Å². The van der Waals surface area contributed by atoms with Gasteiger partial charge in [-0.2, -0.15) is 13.2 Å². The maximum Gasteiger partial charge on any atom is 0.416 e. The molecule has 0 spiro atoms. The lowest BCUT2D eigenvalue weighted by Crippen LogP contribution is -2.10. The van der Waals surface area contributed by atoms with Crippen LogP contribution < -0.4 is 5.73 Å². The summed E-state index contributed by atoms with van der Waals surface area (Å²) in [7, 11) is 0. The van der Waals surface area contributed by atoms with E-state index >= 15 is 0 Å². The molecule has 1 fully saturated rings. The molecule has 0 bridgehead atoms. The Hall–Kier alpha value is -1.52. The molecule has 1 aliphatic rings.